The Morgan fingerprint density at radius 1 is 1.21 bits per heavy atom. The molecule has 2 amide bonds. The van der Waals surface area contributed by atoms with Gasteiger partial charge in [-0.05, 0) is 31.4 Å². The molecular formula is C20H29N3O5. The standard InChI is InChI=1S/C20H29N3O5/c1-3-6-21-18(24)13-23-7-4-15(5-8-23)22-20(25)14-11-16(26-2)19-17(12-14)27-9-10-28-19/h11-12,15H,3-10,13H2,1-2H3,(H,21,24)(H,22,25). The minimum atomic E-state index is -0.158. The van der Waals surface area contributed by atoms with E-state index in [1.165, 1.54) is 0 Å². The van der Waals surface area contributed by atoms with Gasteiger partial charge in [-0.1, -0.05) is 6.92 Å². The van der Waals surface area contributed by atoms with Gasteiger partial charge in [0.25, 0.3) is 5.91 Å². The van der Waals surface area contributed by atoms with Crippen LogP contribution in [-0.2, 0) is 4.79 Å². The minimum absolute atomic E-state index is 0.0627. The topological polar surface area (TPSA) is 89.1 Å². The minimum Gasteiger partial charge on any atom is -0.493 e. The van der Waals surface area contributed by atoms with Crippen LogP contribution in [0.4, 0.5) is 0 Å². The van der Waals surface area contributed by atoms with Crippen molar-refractivity contribution in [2.45, 2.75) is 32.2 Å². The normalized spacial score (nSPS) is 17.1. The summed E-state index contributed by atoms with van der Waals surface area (Å²) in [6, 6.07) is 3.46. The number of methoxy groups -OCH3 is 1. The molecule has 0 spiro atoms. The first-order valence-corrected chi connectivity index (χ1v) is 9.88. The smallest absolute Gasteiger partial charge is 0.251 e. The zero-order chi connectivity index (χ0) is 19.9. The Balaban J connectivity index is 1.53. The highest BCUT2D eigenvalue weighted by molar-refractivity contribution is 5.95. The molecule has 1 saturated heterocycles. The molecule has 8 nitrogen and oxygen atoms in total. The second kappa shape index (κ2) is 9.64. The first kappa shape index (κ1) is 20.3. The van der Waals surface area contributed by atoms with Gasteiger partial charge in [-0.2, -0.15) is 0 Å². The number of hydrogen-bond donors (Lipinski definition) is 2. The molecule has 1 fully saturated rings. The molecule has 0 aromatic heterocycles. The van der Waals surface area contributed by atoms with Crippen molar-refractivity contribution in [3.63, 3.8) is 0 Å². The summed E-state index contributed by atoms with van der Waals surface area (Å²) in [7, 11) is 1.54. The maximum absolute atomic E-state index is 12.7. The molecular weight excluding hydrogens is 362 g/mol. The zero-order valence-corrected chi connectivity index (χ0v) is 16.6. The number of carbonyl (C=O) groups excluding carboxylic acids is 2. The molecule has 2 heterocycles. The van der Waals surface area contributed by atoms with E-state index < -0.39 is 0 Å². The van der Waals surface area contributed by atoms with Crippen molar-refractivity contribution in [2.24, 2.45) is 0 Å². The average molecular weight is 391 g/mol. The molecule has 0 saturated carbocycles. The van der Waals surface area contributed by atoms with Crippen LogP contribution in [-0.4, -0.2) is 69.3 Å². The number of piperidine rings is 1. The summed E-state index contributed by atoms with van der Waals surface area (Å²) in [5.41, 5.74) is 0.488. The first-order valence-electron chi connectivity index (χ1n) is 9.88. The molecule has 0 aliphatic carbocycles. The van der Waals surface area contributed by atoms with Gasteiger partial charge in [0, 0.05) is 31.2 Å². The molecule has 0 atom stereocenters. The van der Waals surface area contributed by atoms with Crippen molar-refractivity contribution in [2.75, 3.05) is 46.5 Å². The van der Waals surface area contributed by atoms with Gasteiger partial charge in [0.2, 0.25) is 11.7 Å². The van der Waals surface area contributed by atoms with Crippen LogP contribution >= 0.6 is 0 Å². The molecule has 0 bridgehead atoms. The van der Waals surface area contributed by atoms with E-state index in [4.69, 9.17) is 14.2 Å². The van der Waals surface area contributed by atoms with Crippen LogP contribution in [0.5, 0.6) is 17.2 Å². The molecule has 0 unspecified atom stereocenters. The van der Waals surface area contributed by atoms with Crippen LogP contribution in [0, 0.1) is 0 Å². The van der Waals surface area contributed by atoms with E-state index in [1.807, 2.05) is 6.92 Å². The quantitative estimate of drug-likeness (QED) is 0.726. The maximum atomic E-state index is 12.7. The number of carbonyl (C=O) groups is 2. The van der Waals surface area contributed by atoms with Crippen LogP contribution in [0.25, 0.3) is 0 Å². The predicted octanol–water partition coefficient (Wildman–Crippen LogP) is 1.19. The summed E-state index contributed by atoms with van der Waals surface area (Å²) >= 11 is 0. The first-order chi connectivity index (χ1) is 13.6. The lowest BCUT2D eigenvalue weighted by Gasteiger charge is -2.32. The zero-order valence-electron chi connectivity index (χ0n) is 16.6. The van der Waals surface area contributed by atoms with Crippen molar-refractivity contribution < 1.29 is 23.8 Å². The Morgan fingerprint density at radius 3 is 2.68 bits per heavy atom. The van der Waals surface area contributed by atoms with Crippen LogP contribution in [0.3, 0.4) is 0 Å². The van der Waals surface area contributed by atoms with Crippen molar-refractivity contribution in [1.29, 1.82) is 0 Å². The lowest BCUT2D eigenvalue weighted by Crippen LogP contribution is -2.47. The number of likely N-dealkylation sites (tertiary alicyclic amines) is 1. The van der Waals surface area contributed by atoms with E-state index in [2.05, 4.69) is 15.5 Å². The number of amides is 2. The van der Waals surface area contributed by atoms with Gasteiger partial charge in [-0.25, -0.2) is 0 Å². The number of benzene rings is 1. The number of nitrogens with zero attached hydrogens (tertiary/aromatic N) is 1. The summed E-state index contributed by atoms with van der Waals surface area (Å²) in [6.45, 7) is 5.65. The van der Waals surface area contributed by atoms with Crippen molar-refractivity contribution in [3.05, 3.63) is 17.7 Å². The van der Waals surface area contributed by atoms with E-state index in [1.54, 1.807) is 19.2 Å². The molecule has 0 radical (unpaired) electrons. The monoisotopic (exact) mass is 391 g/mol. The number of fused-ring (bicyclic) bond motifs is 1. The summed E-state index contributed by atoms with van der Waals surface area (Å²) in [5, 5.41) is 5.98. The summed E-state index contributed by atoms with van der Waals surface area (Å²) in [6.07, 6.45) is 2.56. The van der Waals surface area contributed by atoms with E-state index in [0.29, 0.717) is 49.1 Å². The number of ether oxygens (including phenoxy) is 3. The average Bonchev–Trinajstić information content (AvgIpc) is 2.72. The Hall–Kier alpha value is -2.48. The Labute approximate surface area is 165 Å². The number of rotatable bonds is 7. The lowest BCUT2D eigenvalue weighted by molar-refractivity contribution is -0.122. The predicted molar refractivity (Wildman–Crippen MR) is 104 cm³/mol. The van der Waals surface area contributed by atoms with Gasteiger partial charge in [0.15, 0.2) is 11.5 Å². The molecule has 1 aromatic rings. The molecule has 3 rings (SSSR count). The van der Waals surface area contributed by atoms with E-state index in [9.17, 15) is 9.59 Å². The second-order valence-corrected chi connectivity index (χ2v) is 7.08. The Kier molecular flexibility index (Phi) is 6.97. The molecule has 1 aromatic carbocycles. The van der Waals surface area contributed by atoms with Crippen LogP contribution in [0.15, 0.2) is 12.1 Å². The van der Waals surface area contributed by atoms with Crippen molar-refractivity contribution >= 4 is 11.8 Å². The van der Waals surface area contributed by atoms with Crippen molar-refractivity contribution in [3.8, 4) is 17.2 Å². The fourth-order valence-electron chi connectivity index (χ4n) is 3.43. The largest absolute Gasteiger partial charge is 0.493 e. The molecule has 28 heavy (non-hydrogen) atoms. The fraction of sp³-hybridized carbons (Fsp3) is 0.600. The third-order valence-electron chi connectivity index (χ3n) is 4.95. The third kappa shape index (κ3) is 5.07. The number of hydrogen-bond acceptors (Lipinski definition) is 6. The van der Waals surface area contributed by atoms with Gasteiger partial charge in [-0.15, -0.1) is 0 Å². The fourth-order valence-corrected chi connectivity index (χ4v) is 3.43. The number of nitrogens with one attached hydrogen (secondary N) is 2. The molecule has 2 N–H and O–H groups in total. The van der Waals surface area contributed by atoms with E-state index >= 15 is 0 Å². The van der Waals surface area contributed by atoms with Crippen molar-refractivity contribution in [1.82, 2.24) is 15.5 Å². The third-order valence-corrected chi connectivity index (χ3v) is 4.95. The van der Waals surface area contributed by atoms with Crippen LogP contribution in [0.1, 0.15) is 36.5 Å². The molecule has 2 aliphatic heterocycles. The summed E-state index contributed by atoms with van der Waals surface area (Å²) in [5.74, 6) is 1.47. The van der Waals surface area contributed by atoms with Gasteiger partial charge >= 0.3 is 0 Å². The van der Waals surface area contributed by atoms with Crippen LogP contribution in [0.2, 0.25) is 0 Å². The van der Waals surface area contributed by atoms with Gasteiger partial charge in [-0.3, -0.25) is 14.5 Å². The highest BCUT2D eigenvalue weighted by Gasteiger charge is 2.25. The maximum Gasteiger partial charge on any atom is 0.251 e. The summed E-state index contributed by atoms with van der Waals surface area (Å²) < 4.78 is 16.5. The molecule has 8 heteroatoms. The Bertz CT molecular complexity index is 684. The van der Waals surface area contributed by atoms with Gasteiger partial charge < -0.3 is 24.8 Å². The highest BCUT2D eigenvalue weighted by atomic mass is 16.6. The molecule has 154 valence electrons. The Morgan fingerprint density at radius 2 is 1.96 bits per heavy atom. The van der Waals surface area contributed by atoms with Gasteiger partial charge in [0.05, 0.1) is 13.7 Å². The van der Waals surface area contributed by atoms with Crippen LogP contribution < -0.4 is 24.8 Å². The second-order valence-electron chi connectivity index (χ2n) is 7.08. The molecule has 2 aliphatic rings. The van der Waals surface area contributed by atoms with E-state index in [0.717, 1.165) is 32.4 Å². The van der Waals surface area contributed by atoms with E-state index in [-0.39, 0.29) is 17.9 Å². The lowest BCUT2D eigenvalue weighted by atomic mass is 10.0. The summed E-state index contributed by atoms with van der Waals surface area (Å²) in [4.78, 5) is 26.7. The SMILES string of the molecule is CCCNC(=O)CN1CCC(NC(=O)c2cc(OC)c3c(c2)OCCO3)CC1. The van der Waals surface area contributed by atoms with Gasteiger partial charge in [0.1, 0.15) is 13.2 Å². The highest BCUT2D eigenvalue weighted by Crippen LogP contribution is 2.40.